The topological polar surface area (TPSA) is 98.7 Å². The molecule has 3 atom stereocenters. The van der Waals surface area contributed by atoms with E-state index in [2.05, 4.69) is 10.6 Å². The van der Waals surface area contributed by atoms with E-state index in [1.165, 1.54) is 11.8 Å². The van der Waals surface area contributed by atoms with Gasteiger partial charge in [0.2, 0.25) is 17.7 Å². The number of nitrogens with one attached hydrogen (secondary N) is 2. The molecule has 26 heavy (non-hydrogen) atoms. The lowest BCUT2D eigenvalue weighted by atomic mass is 10.1. The average Bonchev–Trinajstić information content (AvgIpc) is 3.37. The fourth-order valence-electron chi connectivity index (χ4n) is 3.25. The van der Waals surface area contributed by atoms with Crippen LogP contribution < -0.4 is 10.6 Å². The van der Waals surface area contributed by atoms with Gasteiger partial charge in [-0.15, -0.1) is 0 Å². The maximum absolute atomic E-state index is 12.5. The maximum atomic E-state index is 12.5. The molecule has 7 heteroatoms. The molecule has 1 saturated carbocycles. The third kappa shape index (κ3) is 4.22. The van der Waals surface area contributed by atoms with Gasteiger partial charge in [0.1, 0.15) is 6.04 Å². The number of aliphatic hydroxyl groups is 1. The summed E-state index contributed by atoms with van der Waals surface area (Å²) < 4.78 is 0. The quantitative estimate of drug-likeness (QED) is 0.735. The smallest absolute Gasteiger partial charge is 0.243 e. The number of β-amino-alcohol motifs (C(OH)–C–C–N with tert-alkyl or cyclic N) is 1. The monoisotopic (exact) mass is 359 g/mol. The maximum Gasteiger partial charge on any atom is 0.243 e. The molecule has 0 aromatic heterocycles. The second kappa shape index (κ2) is 7.45. The summed E-state index contributed by atoms with van der Waals surface area (Å²) in [4.78, 5) is 37.3. The molecule has 1 saturated heterocycles. The molecule has 1 aliphatic heterocycles. The van der Waals surface area contributed by atoms with E-state index in [9.17, 15) is 19.5 Å². The lowest BCUT2D eigenvalue weighted by molar-refractivity contribution is -0.137. The minimum Gasteiger partial charge on any atom is -0.391 e. The second-order valence-electron chi connectivity index (χ2n) is 7.19. The van der Waals surface area contributed by atoms with Crippen molar-refractivity contribution in [2.75, 3.05) is 11.9 Å². The summed E-state index contributed by atoms with van der Waals surface area (Å²) in [5.41, 5.74) is 1.64. The zero-order valence-electron chi connectivity index (χ0n) is 15.1. The van der Waals surface area contributed by atoms with Crippen LogP contribution in [0, 0.1) is 5.92 Å². The van der Waals surface area contributed by atoms with E-state index in [4.69, 9.17) is 0 Å². The van der Waals surface area contributed by atoms with Crippen LogP contribution in [0.5, 0.6) is 0 Å². The number of amides is 3. The summed E-state index contributed by atoms with van der Waals surface area (Å²) in [7, 11) is 0. The fourth-order valence-corrected chi connectivity index (χ4v) is 3.25. The van der Waals surface area contributed by atoms with Gasteiger partial charge in [0.15, 0.2) is 0 Å². The predicted molar refractivity (Wildman–Crippen MR) is 96.2 cm³/mol. The Bertz CT molecular complexity index is 699. The summed E-state index contributed by atoms with van der Waals surface area (Å²) in [5, 5.41) is 15.5. The predicted octanol–water partition coefficient (Wildman–Crippen LogP) is 1.19. The first-order valence-electron chi connectivity index (χ1n) is 9.01. The van der Waals surface area contributed by atoms with Crippen LogP contribution in [0.2, 0.25) is 0 Å². The van der Waals surface area contributed by atoms with Crippen LogP contribution in [0.15, 0.2) is 24.3 Å². The van der Waals surface area contributed by atoms with Crippen molar-refractivity contribution in [3.63, 3.8) is 0 Å². The van der Waals surface area contributed by atoms with Crippen molar-refractivity contribution < 1.29 is 19.5 Å². The molecular formula is C19H25N3O4. The highest BCUT2D eigenvalue weighted by molar-refractivity contribution is 5.94. The molecular weight excluding hydrogens is 334 g/mol. The van der Waals surface area contributed by atoms with Gasteiger partial charge in [0, 0.05) is 31.5 Å². The first kappa shape index (κ1) is 18.4. The molecule has 3 N–H and O–H groups in total. The van der Waals surface area contributed by atoms with Crippen LogP contribution in [-0.2, 0) is 14.4 Å². The Labute approximate surface area is 152 Å². The number of hydrogen-bond donors (Lipinski definition) is 3. The Balaban J connectivity index is 1.58. The molecule has 7 nitrogen and oxygen atoms in total. The third-order valence-electron chi connectivity index (χ3n) is 4.97. The van der Waals surface area contributed by atoms with Crippen molar-refractivity contribution in [3.05, 3.63) is 29.8 Å². The normalized spacial score (nSPS) is 23.4. The number of carbonyl (C=O) groups excluding carboxylic acids is 3. The van der Waals surface area contributed by atoms with E-state index in [0.717, 1.165) is 24.1 Å². The number of likely N-dealkylation sites (tertiary alicyclic amines) is 1. The van der Waals surface area contributed by atoms with Crippen molar-refractivity contribution >= 4 is 23.4 Å². The molecule has 2 aliphatic rings. The van der Waals surface area contributed by atoms with Crippen molar-refractivity contribution in [3.8, 4) is 0 Å². The molecule has 1 aliphatic carbocycles. The van der Waals surface area contributed by atoms with Crippen molar-refractivity contribution in [2.24, 2.45) is 5.92 Å². The van der Waals surface area contributed by atoms with Crippen LogP contribution >= 0.6 is 0 Å². The lowest BCUT2D eigenvalue weighted by Gasteiger charge is -2.24. The summed E-state index contributed by atoms with van der Waals surface area (Å²) in [5.74, 6) is -0.275. The number of benzene rings is 1. The molecule has 0 bridgehead atoms. The number of rotatable bonds is 5. The minimum absolute atomic E-state index is 0.0585. The van der Waals surface area contributed by atoms with Gasteiger partial charge >= 0.3 is 0 Å². The van der Waals surface area contributed by atoms with Crippen molar-refractivity contribution in [1.29, 1.82) is 0 Å². The van der Waals surface area contributed by atoms with Crippen LogP contribution in [0.25, 0.3) is 0 Å². The van der Waals surface area contributed by atoms with E-state index in [-0.39, 0.29) is 42.6 Å². The Kier molecular flexibility index (Phi) is 5.27. The van der Waals surface area contributed by atoms with E-state index >= 15 is 0 Å². The zero-order valence-corrected chi connectivity index (χ0v) is 15.1. The van der Waals surface area contributed by atoms with Crippen molar-refractivity contribution in [2.45, 2.75) is 51.3 Å². The van der Waals surface area contributed by atoms with Gasteiger partial charge in [0.05, 0.1) is 12.1 Å². The minimum atomic E-state index is -0.667. The lowest BCUT2D eigenvalue weighted by Crippen LogP contribution is -2.45. The highest BCUT2D eigenvalue weighted by Gasteiger charge is 2.37. The van der Waals surface area contributed by atoms with Crippen LogP contribution in [0.3, 0.4) is 0 Å². The first-order chi connectivity index (χ1) is 12.3. The van der Waals surface area contributed by atoms with Gasteiger partial charge in [-0.2, -0.15) is 0 Å². The van der Waals surface area contributed by atoms with E-state index in [1.807, 2.05) is 31.2 Å². The summed E-state index contributed by atoms with van der Waals surface area (Å²) in [6.45, 7) is 3.45. The third-order valence-corrected chi connectivity index (χ3v) is 4.97. The Morgan fingerprint density at radius 1 is 1.15 bits per heavy atom. The van der Waals surface area contributed by atoms with Gasteiger partial charge in [-0.3, -0.25) is 14.4 Å². The molecule has 3 rings (SSSR count). The molecule has 3 amide bonds. The summed E-state index contributed by atoms with van der Waals surface area (Å²) >= 11 is 0. The molecule has 1 unspecified atom stereocenters. The molecule has 1 heterocycles. The Morgan fingerprint density at radius 3 is 2.38 bits per heavy atom. The molecule has 0 radical (unpaired) electrons. The van der Waals surface area contributed by atoms with Gasteiger partial charge in [0.25, 0.3) is 0 Å². The highest BCUT2D eigenvalue weighted by atomic mass is 16.3. The van der Waals surface area contributed by atoms with Crippen LogP contribution in [-0.4, -0.2) is 46.4 Å². The molecule has 0 spiro atoms. The highest BCUT2D eigenvalue weighted by Crippen LogP contribution is 2.30. The van der Waals surface area contributed by atoms with Gasteiger partial charge in [-0.25, -0.2) is 0 Å². The number of aliphatic hydroxyl groups excluding tert-OH is 1. The molecule has 2 fully saturated rings. The first-order valence-corrected chi connectivity index (χ1v) is 9.01. The Hall–Kier alpha value is -2.41. The van der Waals surface area contributed by atoms with Gasteiger partial charge in [-0.05, 0) is 37.5 Å². The molecule has 140 valence electrons. The number of carbonyl (C=O) groups is 3. The standard InChI is InChI=1S/C19H25N3O4/c1-11(20-19(26)17-9-16(24)10-22(17)12(2)23)13-5-7-15(8-6-13)21-18(25)14-3-4-14/h5-8,11,14,16-17,24H,3-4,9-10H2,1-2H3,(H,20,26)(H,21,25)/t11?,16-,17-/m1/s1. The number of hydrogen-bond acceptors (Lipinski definition) is 4. The Morgan fingerprint density at radius 2 is 1.81 bits per heavy atom. The van der Waals surface area contributed by atoms with Crippen molar-refractivity contribution in [1.82, 2.24) is 10.2 Å². The number of anilines is 1. The van der Waals surface area contributed by atoms with E-state index in [0.29, 0.717) is 0 Å². The van der Waals surface area contributed by atoms with Crippen LogP contribution in [0.4, 0.5) is 5.69 Å². The zero-order chi connectivity index (χ0) is 18.8. The largest absolute Gasteiger partial charge is 0.391 e. The van der Waals surface area contributed by atoms with Crippen LogP contribution in [0.1, 0.15) is 44.7 Å². The fraction of sp³-hybridized carbons (Fsp3) is 0.526. The summed E-state index contributed by atoms with van der Waals surface area (Å²) in [6.07, 6.45) is 1.50. The SMILES string of the molecule is CC(=O)N1C[C@H](O)C[C@@H]1C(=O)NC(C)c1ccc(NC(=O)C2CC2)cc1. The van der Waals surface area contributed by atoms with Gasteiger partial charge in [-0.1, -0.05) is 12.1 Å². The molecule has 1 aromatic rings. The molecule has 1 aromatic carbocycles. The number of nitrogens with zero attached hydrogens (tertiary/aromatic N) is 1. The summed E-state index contributed by atoms with van der Waals surface area (Å²) in [6, 6.07) is 6.47. The average molecular weight is 359 g/mol. The van der Waals surface area contributed by atoms with E-state index < -0.39 is 12.1 Å². The van der Waals surface area contributed by atoms with E-state index in [1.54, 1.807) is 0 Å². The van der Waals surface area contributed by atoms with Gasteiger partial charge < -0.3 is 20.6 Å². The second-order valence-corrected chi connectivity index (χ2v) is 7.19.